The average molecular weight is 289 g/mol. The maximum atomic E-state index is 13.8. The van der Waals surface area contributed by atoms with E-state index in [1.165, 1.54) is 13.2 Å². The summed E-state index contributed by atoms with van der Waals surface area (Å²) >= 11 is 0. The molecule has 2 N–H and O–H groups in total. The van der Waals surface area contributed by atoms with Crippen molar-refractivity contribution in [3.8, 4) is 11.5 Å². The maximum absolute atomic E-state index is 13.8. The summed E-state index contributed by atoms with van der Waals surface area (Å²) in [7, 11) is 3.05. The van der Waals surface area contributed by atoms with Gasteiger partial charge < -0.3 is 15.2 Å². The molecule has 0 amide bonds. The molecule has 0 heterocycles. The molecule has 0 radical (unpaired) electrons. The van der Waals surface area contributed by atoms with Crippen LogP contribution in [0, 0.1) is 19.7 Å². The number of methoxy groups -OCH3 is 2. The molecule has 4 heteroatoms. The molecule has 3 nitrogen and oxygen atoms in total. The van der Waals surface area contributed by atoms with Gasteiger partial charge in [0.2, 0.25) is 0 Å². The number of aryl methyl sites for hydroxylation is 1. The number of hydrogen-bond acceptors (Lipinski definition) is 3. The third kappa shape index (κ3) is 2.85. The Morgan fingerprint density at radius 2 is 1.76 bits per heavy atom. The summed E-state index contributed by atoms with van der Waals surface area (Å²) in [6.07, 6.45) is 0. The first-order valence-electron chi connectivity index (χ1n) is 6.72. The lowest BCUT2D eigenvalue weighted by Crippen LogP contribution is -2.14. The fraction of sp³-hybridized carbons (Fsp3) is 0.294. The zero-order valence-corrected chi connectivity index (χ0v) is 12.7. The number of halogens is 1. The van der Waals surface area contributed by atoms with Gasteiger partial charge in [0.05, 0.1) is 20.3 Å². The summed E-state index contributed by atoms with van der Waals surface area (Å²) in [5, 5.41) is 0. The normalized spacial score (nSPS) is 12.1. The molecule has 1 unspecified atom stereocenters. The lowest BCUT2D eigenvalue weighted by Gasteiger charge is -2.19. The lowest BCUT2D eigenvalue weighted by molar-refractivity contribution is 0.385. The highest BCUT2D eigenvalue weighted by Crippen LogP contribution is 2.33. The molecular weight excluding hydrogens is 269 g/mol. The first-order chi connectivity index (χ1) is 9.99. The van der Waals surface area contributed by atoms with Gasteiger partial charge in [0, 0.05) is 5.56 Å². The van der Waals surface area contributed by atoms with Crippen LogP contribution < -0.4 is 15.2 Å². The lowest BCUT2D eigenvalue weighted by atomic mass is 9.95. The van der Waals surface area contributed by atoms with E-state index in [1.807, 2.05) is 26.0 Å². The molecule has 1 atom stereocenters. The van der Waals surface area contributed by atoms with Crippen LogP contribution in [0.3, 0.4) is 0 Å². The molecule has 0 aromatic heterocycles. The van der Waals surface area contributed by atoms with E-state index in [4.69, 9.17) is 15.2 Å². The Labute approximate surface area is 124 Å². The molecule has 0 aliphatic rings. The Bertz CT molecular complexity index is 655. The largest absolute Gasteiger partial charge is 0.496 e. The van der Waals surface area contributed by atoms with E-state index in [0.29, 0.717) is 5.56 Å². The van der Waals surface area contributed by atoms with Crippen LogP contribution in [0.4, 0.5) is 4.39 Å². The van der Waals surface area contributed by atoms with Crippen molar-refractivity contribution in [1.82, 2.24) is 0 Å². The summed E-state index contributed by atoms with van der Waals surface area (Å²) < 4.78 is 24.2. The Morgan fingerprint density at radius 3 is 2.33 bits per heavy atom. The van der Waals surface area contributed by atoms with Gasteiger partial charge in [0.25, 0.3) is 0 Å². The average Bonchev–Trinajstić information content (AvgIpc) is 2.49. The van der Waals surface area contributed by atoms with Gasteiger partial charge in [-0.25, -0.2) is 4.39 Å². The van der Waals surface area contributed by atoms with Crippen molar-refractivity contribution < 1.29 is 13.9 Å². The molecular formula is C17H20FNO2. The third-order valence-electron chi connectivity index (χ3n) is 3.78. The topological polar surface area (TPSA) is 44.5 Å². The van der Waals surface area contributed by atoms with E-state index in [9.17, 15) is 4.39 Å². The van der Waals surface area contributed by atoms with E-state index in [0.717, 1.165) is 22.4 Å². The molecule has 2 aromatic rings. The molecule has 0 aliphatic heterocycles. The minimum atomic E-state index is -0.459. The standard InChI is InChI=1S/C17H20FNO2/c1-10-5-7-13(17(21-4)11(10)2)16(19)12-6-8-15(20-3)14(18)9-12/h5-9,16H,19H2,1-4H3. The molecule has 21 heavy (non-hydrogen) atoms. The number of benzene rings is 2. The number of rotatable bonds is 4. The third-order valence-corrected chi connectivity index (χ3v) is 3.78. The first kappa shape index (κ1) is 15.3. The van der Waals surface area contributed by atoms with Gasteiger partial charge in [-0.3, -0.25) is 0 Å². The number of nitrogens with two attached hydrogens (primary N) is 1. The van der Waals surface area contributed by atoms with Crippen LogP contribution in [-0.2, 0) is 0 Å². The number of hydrogen-bond donors (Lipinski definition) is 1. The van der Waals surface area contributed by atoms with E-state index < -0.39 is 11.9 Å². The monoisotopic (exact) mass is 289 g/mol. The Kier molecular flexibility index (Phi) is 4.48. The first-order valence-corrected chi connectivity index (χ1v) is 6.72. The highest BCUT2D eigenvalue weighted by atomic mass is 19.1. The van der Waals surface area contributed by atoms with Gasteiger partial charge in [-0.2, -0.15) is 0 Å². The van der Waals surface area contributed by atoms with E-state index in [-0.39, 0.29) is 5.75 Å². The second-order valence-electron chi connectivity index (χ2n) is 5.00. The van der Waals surface area contributed by atoms with Crippen molar-refractivity contribution in [3.05, 3.63) is 58.4 Å². The zero-order valence-electron chi connectivity index (χ0n) is 12.7. The van der Waals surface area contributed by atoms with Crippen LogP contribution in [0.25, 0.3) is 0 Å². The smallest absolute Gasteiger partial charge is 0.165 e. The SMILES string of the molecule is COc1ccc(C(N)c2ccc(C)c(C)c2OC)cc1F. The second kappa shape index (κ2) is 6.14. The van der Waals surface area contributed by atoms with Crippen LogP contribution in [0.15, 0.2) is 30.3 Å². The summed E-state index contributed by atoms with van der Waals surface area (Å²) in [5.74, 6) is 0.532. The van der Waals surface area contributed by atoms with Crippen LogP contribution in [0.5, 0.6) is 11.5 Å². The maximum Gasteiger partial charge on any atom is 0.165 e. The minimum Gasteiger partial charge on any atom is -0.496 e. The van der Waals surface area contributed by atoms with Crippen LogP contribution >= 0.6 is 0 Å². The molecule has 2 rings (SSSR count). The predicted octanol–water partition coefficient (Wildman–Crippen LogP) is 3.51. The van der Waals surface area contributed by atoms with E-state index in [2.05, 4.69) is 0 Å². The van der Waals surface area contributed by atoms with Crippen LogP contribution in [0.1, 0.15) is 28.3 Å². The Morgan fingerprint density at radius 1 is 1.05 bits per heavy atom. The van der Waals surface area contributed by atoms with Gasteiger partial charge >= 0.3 is 0 Å². The summed E-state index contributed by atoms with van der Waals surface area (Å²) in [6.45, 7) is 4.00. The van der Waals surface area contributed by atoms with Gasteiger partial charge in [-0.15, -0.1) is 0 Å². The van der Waals surface area contributed by atoms with Gasteiger partial charge in [0.1, 0.15) is 5.75 Å². The number of ether oxygens (including phenoxy) is 2. The Balaban J connectivity index is 2.47. The second-order valence-corrected chi connectivity index (χ2v) is 5.00. The van der Waals surface area contributed by atoms with Crippen molar-refractivity contribution >= 4 is 0 Å². The molecule has 0 bridgehead atoms. The van der Waals surface area contributed by atoms with Crippen molar-refractivity contribution in [2.24, 2.45) is 5.73 Å². The van der Waals surface area contributed by atoms with Crippen LogP contribution in [0.2, 0.25) is 0 Å². The minimum absolute atomic E-state index is 0.206. The van der Waals surface area contributed by atoms with Crippen molar-refractivity contribution in [2.75, 3.05) is 14.2 Å². The molecule has 2 aromatic carbocycles. The highest BCUT2D eigenvalue weighted by Gasteiger charge is 2.18. The quantitative estimate of drug-likeness (QED) is 0.936. The van der Waals surface area contributed by atoms with Crippen molar-refractivity contribution in [2.45, 2.75) is 19.9 Å². The zero-order chi connectivity index (χ0) is 15.6. The molecule has 0 saturated carbocycles. The molecule has 0 fully saturated rings. The van der Waals surface area contributed by atoms with E-state index >= 15 is 0 Å². The van der Waals surface area contributed by atoms with Crippen molar-refractivity contribution in [1.29, 1.82) is 0 Å². The van der Waals surface area contributed by atoms with Gasteiger partial charge in [0.15, 0.2) is 11.6 Å². The summed E-state index contributed by atoms with van der Waals surface area (Å²) in [5.41, 5.74) is 9.97. The predicted molar refractivity (Wildman–Crippen MR) is 81.5 cm³/mol. The summed E-state index contributed by atoms with van der Waals surface area (Å²) in [6, 6.07) is 8.21. The van der Waals surface area contributed by atoms with Crippen LogP contribution in [-0.4, -0.2) is 14.2 Å². The van der Waals surface area contributed by atoms with E-state index in [1.54, 1.807) is 19.2 Å². The molecule has 0 spiro atoms. The van der Waals surface area contributed by atoms with Gasteiger partial charge in [-0.1, -0.05) is 18.2 Å². The molecule has 112 valence electrons. The molecule has 0 aliphatic carbocycles. The van der Waals surface area contributed by atoms with Crippen molar-refractivity contribution in [3.63, 3.8) is 0 Å². The Hall–Kier alpha value is -2.07. The fourth-order valence-electron chi connectivity index (χ4n) is 2.38. The van der Waals surface area contributed by atoms with Gasteiger partial charge in [-0.05, 0) is 42.7 Å². The fourth-order valence-corrected chi connectivity index (χ4v) is 2.38. The highest BCUT2D eigenvalue weighted by molar-refractivity contribution is 5.49. The molecule has 0 saturated heterocycles. The summed E-state index contributed by atoms with van der Waals surface area (Å²) in [4.78, 5) is 0.